The summed E-state index contributed by atoms with van der Waals surface area (Å²) in [5, 5.41) is 3.21. The molecule has 1 atom stereocenters. The summed E-state index contributed by atoms with van der Waals surface area (Å²) >= 11 is 0. The summed E-state index contributed by atoms with van der Waals surface area (Å²) < 4.78 is 10.9. The van der Waals surface area contributed by atoms with Gasteiger partial charge in [0, 0.05) is 38.7 Å². The van der Waals surface area contributed by atoms with Gasteiger partial charge in [0.1, 0.15) is 6.61 Å². The zero-order chi connectivity index (χ0) is 23.6. The Labute approximate surface area is 193 Å². The number of carbonyl (C=O) groups is 2. The maximum Gasteiger partial charge on any atom is 0.222 e. The van der Waals surface area contributed by atoms with Crippen molar-refractivity contribution < 1.29 is 19.1 Å². The van der Waals surface area contributed by atoms with Crippen molar-refractivity contribution in [2.75, 3.05) is 39.5 Å². The Kier molecular flexibility index (Phi) is 14.3. The van der Waals surface area contributed by atoms with E-state index in [1.54, 1.807) is 17.1 Å². The van der Waals surface area contributed by atoms with Gasteiger partial charge < -0.3 is 19.7 Å². The number of ether oxygens (including phenoxy) is 2. The van der Waals surface area contributed by atoms with Crippen molar-refractivity contribution in [2.24, 2.45) is 5.92 Å². The maximum atomic E-state index is 12.0. The van der Waals surface area contributed by atoms with E-state index in [1.807, 2.05) is 26.8 Å². The molecule has 0 aromatic heterocycles. The number of carbonyl (C=O) groups excluding carboxylic acids is 2. The Morgan fingerprint density at radius 3 is 2.78 bits per heavy atom. The highest BCUT2D eigenvalue weighted by molar-refractivity contribution is 5.75. The quantitative estimate of drug-likeness (QED) is 0.103. The van der Waals surface area contributed by atoms with Crippen molar-refractivity contribution in [3.8, 4) is 0 Å². The van der Waals surface area contributed by atoms with Crippen LogP contribution in [0.3, 0.4) is 0 Å². The van der Waals surface area contributed by atoms with Gasteiger partial charge in [0.15, 0.2) is 12.0 Å². The van der Waals surface area contributed by atoms with Crippen LogP contribution in [0.25, 0.3) is 0 Å². The van der Waals surface area contributed by atoms with Gasteiger partial charge in [-0.25, -0.2) is 0 Å². The normalized spacial score (nSPS) is 16.0. The number of likely N-dealkylation sites (N-methyl/N-ethyl adjacent to an activating group) is 1. The lowest BCUT2D eigenvalue weighted by Gasteiger charge is -2.21. The average molecular weight is 443 g/mol. The SMILES string of the molecule is CCOCCO/C(C=O)=C(/C=C=C/C=C/C1=CC=CC(C)C1)NCCN(CC)C(=O)CC. The number of hydrogen-bond donors (Lipinski definition) is 1. The highest BCUT2D eigenvalue weighted by Crippen LogP contribution is 2.18. The first kappa shape index (κ1) is 27.2. The Balaban J connectivity index is 2.87. The summed E-state index contributed by atoms with van der Waals surface area (Å²) in [6.07, 6.45) is 16.0. The lowest BCUT2D eigenvalue weighted by atomic mass is 9.96. The molecule has 176 valence electrons. The zero-order valence-corrected chi connectivity index (χ0v) is 19.9. The third-order valence-electron chi connectivity index (χ3n) is 4.83. The molecule has 0 saturated carbocycles. The summed E-state index contributed by atoms with van der Waals surface area (Å²) in [7, 11) is 0. The van der Waals surface area contributed by atoms with E-state index in [0.29, 0.717) is 57.2 Å². The van der Waals surface area contributed by atoms with Gasteiger partial charge in [-0.05, 0) is 37.8 Å². The first-order chi connectivity index (χ1) is 15.5. The fourth-order valence-corrected chi connectivity index (χ4v) is 3.11. The standard InChI is InChI=1S/C26H38N2O4/c1-5-26(30)28(6-2)17-16-27-24(25(21-29)32-19-18-31-7-3)15-10-8-9-13-23-14-11-12-22(4)20-23/h8-9,11-15,21-22,27H,5-7,16-20H2,1-4H3/b13-9+,25-24-. The summed E-state index contributed by atoms with van der Waals surface area (Å²) in [6.45, 7) is 10.8. The fraction of sp³-hybridized carbons (Fsp3) is 0.500. The van der Waals surface area contributed by atoms with Crippen LogP contribution < -0.4 is 5.32 Å². The van der Waals surface area contributed by atoms with Gasteiger partial charge >= 0.3 is 0 Å². The number of hydrogen-bond acceptors (Lipinski definition) is 5. The van der Waals surface area contributed by atoms with E-state index in [9.17, 15) is 9.59 Å². The van der Waals surface area contributed by atoms with Gasteiger partial charge in [-0.15, -0.1) is 5.73 Å². The molecular formula is C26H38N2O4. The van der Waals surface area contributed by atoms with Gasteiger partial charge in [-0.1, -0.05) is 44.2 Å². The first-order valence-corrected chi connectivity index (χ1v) is 11.4. The molecule has 0 aromatic carbocycles. The zero-order valence-electron chi connectivity index (χ0n) is 19.9. The average Bonchev–Trinajstić information content (AvgIpc) is 2.80. The lowest BCUT2D eigenvalue weighted by molar-refractivity contribution is -0.130. The van der Waals surface area contributed by atoms with E-state index < -0.39 is 0 Å². The minimum atomic E-state index is 0.102. The van der Waals surface area contributed by atoms with E-state index in [1.165, 1.54) is 5.57 Å². The van der Waals surface area contributed by atoms with E-state index in [4.69, 9.17) is 9.47 Å². The van der Waals surface area contributed by atoms with E-state index in [0.717, 1.165) is 6.42 Å². The maximum absolute atomic E-state index is 12.0. The summed E-state index contributed by atoms with van der Waals surface area (Å²) in [4.78, 5) is 25.4. The van der Waals surface area contributed by atoms with Crippen molar-refractivity contribution >= 4 is 12.2 Å². The second-order valence-electron chi connectivity index (χ2n) is 7.34. The molecule has 1 N–H and O–H groups in total. The minimum absolute atomic E-state index is 0.102. The lowest BCUT2D eigenvalue weighted by Crippen LogP contribution is -2.36. The summed E-state index contributed by atoms with van der Waals surface area (Å²) in [5.74, 6) is 0.836. The molecule has 0 saturated heterocycles. The molecule has 0 radical (unpaired) electrons. The number of allylic oxidation sites excluding steroid dienone is 8. The van der Waals surface area contributed by atoms with E-state index in [2.05, 4.69) is 42.3 Å². The molecule has 1 unspecified atom stereocenters. The van der Waals surface area contributed by atoms with E-state index >= 15 is 0 Å². The monoisotopic (exact) mass is 442 g/mol. The van der Waals surface area contributed by atoms with Gasteiger partial charge in [0.25, 0.3) is 0 Å². The van der Waals surface area contributed by atoms with Gasteiger partial charge in [-0.3, -0.25) is 9.59 Å². The van der Waals surface area contributed by atoms with Crippen molar-refractivity contribution in [1.82, 2.24) is 10.2 Å². The molecule has 0 heterocycles. The Bertz CT molecular complexity index is 771. The van der Waals surface area contributed by atoms with Crippen molar-refractivity contribution in [2.45, 2.75) is 40.5 Å². The first-order valence-electron chi connectivity index (χ1n) is 11.4. The van der Waals surface area contributed by atoms with Crippen LogP contribution in [-0.4, -0.2) is 56.5 Å². The molecule has 1 aliphatic carbocycles. The van der Waals surface area contributed by atoms with Crippen LogP contribution in [-0.2, 0) is 19.1 Å². The molecule has 1 rings (SSSR count). The van der Waals surface area contributed by atoms with Crippen molar-refractivity contribution in [3.63, 3.8) is 0 Å². The van der Waals surface area contributed by atoms with Crippen LogP contribution in [0.15, 0.2) is 65.3 Å². The minimum Gasteiger partial charge on any atom is -0.486 e. The highest BCUT2D eigenvalue weighted by Gasteiger charge is 2.10. The second-order valence-corrected chi connectivity index (χ2v) is 7.34. The number of nitrogens with zero attached hydrogens (tertiary/aromatic N) is 1. The molecule has 32 heavy (non-hydrogen) atoms. The molecule has 1 aliphatic rings. The third-order valence-corrected chi connectivity index (χ3v) is 4.83. The Hall–Kier alpha value is -2.82. The number of nitrogens with one attached hydrogen (secondary N) is 1. The molecular weight excluding hydrogens is 404 g/mol. The van der Waals surface area contributed by atoms with Crippen LogP contribution >= 0.6 is 0 Å². The van der Waals surface area contributed by atoms with Gasteiger partial charge in [0.05, 0.1) is 12.3 Å². The summed E-state index contributed by atoms with van der Waals surface area (Å²) in [5.41, 5.74) is 4.87. The predicted octanol–water partition coefficient (Wildman–Crippen LogP) is 4.09. The number of amides is 1. The molecule has 6 heteroatoms. The van der Waals surface area contributed by atoms with Crippen LogP contribution in [0.4, 0.5) is 0 Å². The topological polar surface area (TPSA) is 67.9 Å². The molecule has 0 spiro atoms. The third kappa shape index (κ3) is 11.0. The number of rotatable bonds is 15. The Morgan fingerprint density at radius 1 is 1.31 bits per heavy atom. The van der Waals surface area contributed by atoms with Gasteiger partial charge in [0.2, 0.25) is 5.91 Å². The van der Waals surface area contributed by atoms with E-state index in [-0.39, 0.29) is 18.3 Å². The second kappa shape index (κ2) is 16.8. The highest BCUT2D eigenvalue weighted by atomic mass is 16.5. The molecule has 0 aromatic rings. The van der Waals surface area contributed by atoms with Gasteiger partial charge in [-0.2, -0.15) is 0 Å². The van der Waals surface area contributed by atoms with Crippen LogP contribution in [0.2, 0.25) is 0 Å². The molecule has 0 aliphatic heterocycles. The molecule has 0 fully saturated rings. The van der Waals surface area contributed by atoms with Crippen molar-refractivity contribution in [3.05, 3.63) is 65.3 Å². The summed E-state index contributed by atoms with van der Waals surface area (Å²) in [6, 6.07) is 0. The van der Waals surface area contributed by atoms with Crippen LogP contribution in [0.5, 0.6) is 0 Å². The van der Waals surface area contributed by atoms with Crippen LogP contribution in [0, 0.1) is 5.92 Å². The molecule has 6 nitrogen and oxygen atoms in total. The predicted molar refractivity (Wildman–Crippen MR) is 129 cm³/mol. The van der Waals surface area contributed by atoms with Crippen molar-refractivity contribution in [1.29, 1.82) is 0 Å². The number of aldehydes is 1. The smallest absolute Gasteiger partial charge is 0.222 e. The molecule has 0 bridgehead atoms. The Morgan fingerprint density at radius 2 is 2.12 bits per heavy atom. The molecule has 1 amide bonds. The largest absolute Gasteiger partial charge is 0.486 e. The fourth-order valence-electron chi connectivity index (χ4n) is 3.11. The van der Waals surface area contributed by atoms with Crippen LogP contribution in [0.1, 0.15) is 40.5 Å².